The molecule has 0 saturated heterocycles. The molecule has 1 heterocycles. The minimum Gasteiger partial charge on any atom is -0.368 e. The van der Waals surface area contributed by atoms with Crippen LogP contribution in [0.25, 0.3) is 0 Å². The van der Waals surface area contributed by atoms with Crippen molar-refractivity contribution in [3.63, 3.8) is 0 Å². The molecule has 0 aliphatic rings. The number of rotatable bonds is 2. The molecule has 0 saturated carbocycles. The predicted molar refractivity (Wildman–Crippen MR) is 54.5 cm³/mol. The van der Waals surface area contributed by atoms with E-state index in [-0.39, 0.29) is 5.95 Å². The van der Waals surface area contributed by atoms with Crippen LogP contribution in [0.1, 0.15) is 5.56 Å². The standard InChI is InChI=1S/C9H9N5/c10-8-12-9(14-13-8)11-6-7-4-2-1-3-5-7/h1-6H,(H3,10,12,13,14)/b11-6+. The smallest absolute Gasteiger partial charge is 0.269 e. The number of nitrogens with two attached hydrogens (primary N) is 1. The number of aromatic amines is 1. The van der Waals surface area contributed by atoms with Crippen LogP contribution in [0.15, 0.2) is 35.3 Å². The van der Waals surface area contributed by atoms with Crippen LogP contribution in [0.5, 0.6) is 0 Å². The Labute approximate surface area is 80.7 Å². The van der Waals surface area contributed by atoms with Crippen molar-refractivity contribution in [2.45, 2.75) is 0 Å². The Kier molecular flexibility index (Phi) is 2.22. The monoisotopic (exact) mass is 187 g/mol. The Morgan fingerprint density at radius 1 is 1.29 bits per heavy atom. The average Bonchev–Trinajstić information content (AvgIpc) is 2.63. The zero-order valence-corrected chi connectivity index (χ0v) is 7.38. The number of anilines is 1. The van der Waals surface area contributed by atoms with Crippen LogP contribution in [0.4, 0.5) is 11.9 Å². The van der Waals surface area contributed by atoms with Crippen molar-refractivity contribution in [1.29, 1.82) is 0 Å². The van der Waals surface area contributed by atoms with E-state index in [0.29, 0.717) is 5.95 Å². The molecular weight excluding hydrogens is 178 g/mol. The molecule has 5 nitrogen and oxygen atoms in total. The Balaban J connectivity index is 2.15. The van der Waals surface area contributed by atoms with E-state index in [1.165, 1.54) is 0 Å². The Morgan fingerprint density at radius 3 is 2.71 bits per heavy atom. The van der Waals surface area contributed by atoms with Gasteiger partial charge in [-0.25, -0.2) is 10.1 Å². The van der Waals surface area contributed by atoms with Crippen LogP contribution >= 0.6 is 0 Å². The van der Waals surface area contributed by atoms with Gasteiger partial charge in [-0.15, -0.1) is 5.10 Å². The van der Waals surface area contributed by atoms with Crippen LogP contribution in [-0.2, 0) is 0 Å². The minimum absolute atomic E-state index is 0.269. The molecule has 3 N–H and O–H groups in total. The molecule has 0 radical (unpaired) electrons. The van der Waals surface area contributed by atoms with E-state index in [9.17, 15) is 0 Å². The summed E-state index contributed by atoms with van der Waals surface area (Å²) in [6.07, 6.45) is 1.68. The van der Waals surface area contributed by atoms with E-state index >= 15 is 0 Å². The first-order valence-electron chi connectivity index (χ1n) is 4.11. The third kappa shape index (κ3) is 1.95. The summed E-state index contributed by atoms with van der Waals surface area (Å²) in [6.45, 7) is 0. The van der Waals surface area contributed by atoms with Crippen LogP contribution in [-0.4, -0.2) is 21.4 Å². The van der Waals surface area contributed by atoms with Crippen LogP contribution < -0.4 is 5.73 Å². The van der Waals surface area contributed by atoms with Crippen molar-refractivity contribution in [3.05, 3.63) is 35.9 Å². The van der Waals surface area contributed by atoms with Gasteiger partial charge in [0.15, 0.2) is 0 Å². The second-order valence-electron chi connectivity index (χ2n) is 2.69. The topological polar surface area (TPSA) is 79.9 Å². The van der Waals surface area contributed by atoms with Crippen molar-refractivity contribution >= 4 is 18.1 Å². The lowest BCUT2D eigenvalue weighted by atomic mass is 10.2. The molecule has 2 aromatic rings. The number of aromatic nitrogens is 3. The number of hydrogen-bond donors (Lipinski definition) is 2. The van der Waals surface area contributed by atoms with Crippen LogP contribution in [0.3, 0.4) is 0 Å². The Hall–Kier alpha value is -2.17. The first-order valence-corrected chi connectivity index (χ1v) is 4.11. The maximum Gasteiger partial charge on any atom is 0.269 e. The molecule has 0 unspecified atom stereocenters. The molecule has 14 heavy (non-hydrogen) atoms. The number of nitrogen functional groups attached to an aromatic ring is 1. The fourth-order valence-corrected chi connectivity index (χ4v) is 0.994. The van der Waals surface area contributed by atoms with E-state index in [4.69, 9.17) is 5.73 Å². The molecule has 1 aromatic heterocycles. The van der Waals surface area contributed by atoms with Gasteiger partial charge in [-0.3, -0.25) is 0 Å². The van der Waals surface area contributed by atoms with Gasteiger partial charge in [0.25, 0.3) is 5.95 Å². The highest BCUT2D eigenvalue weighted by atomic mass is 15.3. The van der Waals surface area contributed by atoms with Gasteiger partial charge in [0, 0.05) is 6.21 Å². The molecule has 0 fully saturated rings. The highest BCUT2D eigenvalue weighted by molar-refractivity contribution is 5.80. The Morgan fingerprint density at radius 2 is 2.07 bits per heavy atom. The number of nitrogens with zero attached hydrogens (tertiary/aromatic N) is 3. The van der Waals surface area contributed by atoms with Crippen molar-refractivity contribution in [2.24, 2.45) is 4.99 Å². The number of nitrogens with one attached hydrogen (secondary N) is 1. The van der Waals surface area contributed by atoms with Gasteiger partial charge in [0.2, 0.25) is 5.95 Å². The summed E-state index contributed by atoms with van der Waals surface area (Å²) >= 11 is 0. The van der Waals surface area contributed by atoms with E-state index in [1.807, 2.05) is 30.3 Å². The van der Waals surface area contributed by atoms with Crippen LogP contribution in [0, 0.1) is 0 Å². The van der Waals surface area contributed by atoms with E-state index in [1.54, 1.807) is 6.21 Å². The van der Waals surface area contributed by atoms with Crippen molar-refractivity contribution in [3.8, 4) is 0 Å². The third-order valence-corrected chi connectivity index (χ3v) is 1.62. The molecular formula is C9H9N5. The molecule has 0 aliphatic carbocycles. The largest absolute Gasteiger partial charge is 0.368 e. The second-order valence-corrected chi connectivity index (χ2v) is 2.69. The summed E-state index contributed by atoms with van der Waals surface area (Å²) in [5.41, 5.74) is 6.34. The molecule has 2 rings (SSSR count). The molecule has 5 heteroatoms. The van der Waals surface area contributed by atoms with Gasteiger partial charge >= 0.3 is 0 Å². The van der Waals surface area contributed by atoms with Crippen LogP contribution in [0.2, 0.25) is 0 Å². The third-order valence-electron chi connectivity index (χ3n) is 1.62. The van der Waals surface area contributed by atoms with Crippen molar-refractivity contribution in [2.75, 3.05) is 5.73 Å². The highest BCUT2D eigenvalue weighted by Gasteiger charge is 1.94. The SMILES string of the molecule is Nc1nc(/N=C/c2ccccc2)n[nH]1. The number of benzene rings is 1. The lowest BCUT2D eigenvalue weighted by Gasteiger charge is -1.87. The van der Waals surface area contributed by atoms with E-state index in [0.717, 1.165) is 5.56 Å². The van der Waals surface area contributed by atoms with Gasteiger partial charge in [-0.05, 0) is 5.56 Å². The molecule has 0 spiro atoms. The van der Waals surface area contributed by atoms with Crippen molar-refractivity contribution in [1.82, 2.24) is 15.2 Å². The number of H-pyrrole nitrogens is 1. The minimum atomic E-state index is 0.269. The lowest BCUT2D eigenvalue weighted by Crippen LogP contribution is -1.84. The highest BCUT2D eigenvalue weighted by Crippen LogP contribution is 2.04. The zero-order chi connectivity index (χ0) is 9.80. The zero-order valence-electron chi connectivity index (χ0n) is 7.38. The number of hydrogen-bond acceptors (Lipinski definition) is 4. The van der Waals surface area contributed by atoms with Gasteiger partial charge in [-0.2, -0.15) is 4.98 Å². The molecule has 0 amide bonds. The first kappa shape index (κ1) is 8.43. The van der Waals surface area contributed by atoms with Gasteiger partial charge in [-0.1, -0.05) is 30.3 Å². The molecule has 0 aliphatic heterocycles. The molecule has 70 valence electrons. The summed E-state index contributed by atoms with van der Waals surface area (Å²) < 4.78 is 0. The maximum absolute atomic E-state index is 5.34. The number of aliphatic imine (C=N–C) groups is 1. The Bertz CT molecular complexity index is 431. The lowest BCUT2D eigenvalue weighted by molar-refractivity contribution is 1.09. The average molecular weight is 187 g/mol. The van der Waals surface area contributed by atoms with Gasteiger partial charge in [0.1, 0.15) is 0 Å². The summed E-state index contributed by atoms with van der Waals surface area (Å²) in [4.78, 5) is 7.88. The first-order chi connectivity index (χ1) is 6.84. The summed E-state index contributed by atoms with van der Waals surface area (Å²) in [5, 5.41) is 6.28. The molecule has 0 bridgehead atoms. The second kappa shape index (κ2) is 3.69. The van der Waals surface area contributed by atoms with E-state index < -0.39 is 0 Å². The van der Waals surface area contributed by atoms with E-state index in [2.05, 4.69) is 20.2 Å². The normalized spacial score (nSPS) is 10.9. The van der Waals surface area contributed by atoms with Crippen molar-refractivity contribution < 1.29 is 0 Å². The van der Waals surface area contributed by atoms with Gasteiger partial charge < -0.3 is 5.73 Å². The summed E-state index contributed by atoms with van der Waals surface area (Å²) in [7, 11) is 0. The predicted octanol–water partition coefficient (Wildman–Crippen LogP) is 1.14. The fraction of sp³-hybridized carbons (Fsp3) is 0. The van der Waals surface area contributed by atoms with Gasteiger partial charge in [0.05, 0.1) is 0 Å². The molecule has 1 aromatic carbocycles. The molecule has 0 atom stereocenters. The summed E-state index contributed by atoms with van der Waals surface area (Å²) in [6, 6.07) is 9.71. The quantitative estimate of drug-likeness (QED) is 0.692. The summed E-state index contributed by atoms with van der Waals surface area (Å²) in [5.74, 6) is 0.608. The fourth-order valence-electron chi connectivity index (χ4n) is 0.994. The maximum atomic E-state index is 5.34.